The van der Waals surface area contributed by atoms with E-state index < -0.39 is 10.9 Å². The maximum absolute atomic E-state index is 11.4. The number of rotatable bonds is 7. The Balaban J connectivity index is 2.41. The van der Waals surface area contributed by atoms with Crippen LogP contribution in [0.3, 0.4) is 0 Å². The van der Waals surface area contributed by atoms with Gasteiger partial charge >= 0.3 is 5.97 Å². The molecule has 0 saturated heterocycles. The second-order valence-electron chi connectivity index (χ2n) is 5.12. The van der Waals surface area contributed by atoms with Gasteiger partial charge in [-0.2, -0.15) is 0 Å². The average molecular weight is 294 g/mol. The van der Waals surface area contributed by atoms with E-state index in [0.29, 0.717) is 18.7 Å². The summed E-state index contributed by atoms with van der Waals surface area (Å²) in [7, 11) is 0. The molecule has 7 nitrogen and oxygen atoms in total. The summed E-state index contributed by atoms with van der Waals surface area (Å²) in [6, 6.07) is 3.99. The van der Waals surface area contributed by atoms with Crippen LogP contribution in [0.5, 0.6) is 0 Å². The van der Waals surface area contributed by atoms with Crippen LogP contribution < -0.4 is 4.90 Å². The Morgan fingerprint density at radius 1 is 1.43 bits per heavy atom. The Morgan fingerprint density at radius 3 is 2.62 bits per heavy atom. The van der Waals surface area contributed by atoms with Gasteiger partial charge in [-0.15, -0.1) is 0 Å². The van der Waals surface area contributed by atoms with Crippen molar-refractivity contribution in [2.45, 2.75) is 31.7 Å². The van der Waals surface area contributed by atoms with Crippen molar-refractivity contribution in [3.05, 3.63) is 33.9 Å². The van der Waals surface area contributed by atoms with Gasteiger partial charge in [0, 0.05) is 31.3 Å². The minimum Gasteiger partial charge on any atom is -0.478 e. The number of nitro groups is 1. The van der Waals surface area contributed by atoms with Crippen molar-refractivity contribution in [2.75, 3.05) is 18.1 Å². The van der Waals surface area contributed by atoms with Crippen LogP contribution in [-0.4, -0.2) is 40.3 Å². The lowest BCUT2D eigenvalue weighted by Gasteiger charge is -2.39. The summed E-state index contributed by atoms with van der Waals surface area (Å²) in [5.41, 5.74) is 0.309. The molecular weight excluding hydrogens is 276 g/mol. The fourth-order valence-electron chi connectivity index (χ4n) is 2.49. The number of anilines is 1. The average Bonchev–Trinajstić information content (AvgIpc) is 2.40. The lowest BCUT2D eigenvalue weighted by atomic mass is 9.90. The molecule has 0 heterocycles. The summed E-state index contributed by atoms with van der Waals surface area (Å²) in [6.07, 6.45) is 3.44. The van der Waals surface area contributed by atoms with Gasteiger partial charge in [0.15, 0.2) is 0 Å². The second kappa shape index (κ2) is 6.53. The van der Waals surface area contributed by atoms with Crippen molar-refractivity contribution < 1.29 is 19.9 Å². The Morgan fingerprint density at radius 2 is 2.14 bits per heavy atom. The van der Waals surface area contributed by atoms with Gasteiger partial charge in [0.1, 0.15) is 0 Å². The predicted molar refractivity (Wildman–Crippen MR) is 76.7 cm³/mol. The van der Waals surface area contributed by atoms with E-state index >= 15 is 0 Å². The van der Waals surface area contributed by atoms with Crippen LogP contribution in [0, 0.1) is 10.1 Å². The largest absolute Gasteiger partial charge is 0.478 e. The van der Waals surface area contributed by atoms with Gasteiger partial charge < -0.3 is 15.1 Å². The number of carbonyl (C=O) groups is 1. The highest BCUT2D eigenvalue weighted by Gasteiger charge is 2.29. The number of nitro benzene ring substituents is 1. The molecule has 0 unspecified atom stereocenters. The van der Waals surface area contributed by atoms with Gasteiger partial charge in [0.25, 0.3) is 5.69 Å². The standard InChI is InChI=1S/C14H18N2O5/c17-8-2-7-15(10-3-1-4-10)13-9-11(16(20)21)5-6-12(13)14(18)19/h5-6,9-10,17H,1-4,7-8H2,(H,18,19). The third-order valence-electron chi connectivity index (χ3n) is 3.80. The number of benzene rings is 1. The summed E-state index contributed by atoms with van der Waals surface area (Å²) < 4.78 is 0. The fourth-order valence-corrected chi connectivity index (χ4v) is 2.49. The van der Waals surface area contributed by atoms with Gasteiger partial charge in [0.05, 0.1) is 16.2 Å². The molecule has 1 fully saturated rings. The molecule has 1 aliphatic carbocycles. The number of non-ortho nitro benzene ring substituents is 1. The number of hydrogen-bond donors (Lipinski definition) is 2. The van der Waals surface area contributed by atoms with Gasteiger partial charge in [0.2, 0.25) is 0 Å². The Labute approximate surface area is 122 Å². The Bertz CT molecular complexity index is 542. The zero-order valence-electron chi connectivity index (χ0n) is 11.6. The SMILES string of the molecule is O=C(O)c1ccc([N+](=O)[O-])cc1N(CCCO)C1CCC1. The van der Waals surface area contributed by atoms with Crippen molar-refractivity contribution >= 4 is 17.3 Å². The van der Waals surface area contributed by atoms with Crippen molar-refractivity contribution in [2.24, 2.45) is 0 Å². The summed E-state index contributed by atoms with van der Waals surface area (Å²) >= 11 is 0. The molecule has 0 atom stereocenters. The van der Waals surface area contributed by atoms with E-state index in [-0.39, 0.29) is 23.9 Å². The molecule has 2 N–H and O–H groups in total. The number of aromatic carboxylic acids is 1. The van der Waals surface area contributed by atoms with Gasteiger partial charge in [-0.3, -0.25) is 10.1 Å². The molecule has 114 valence electrons. The molecule has 1 aromatic rings. The summed E-state index contributed by atoms with van der Waals surface area (Å²) in [6.45, 7) is 0.489. The fraction of sp³-hybridized carbons (Fsp3) is 0.500. The van der Waals surface area contributed by atoms with Crippen LogP contribution in [0.15, 0.2) is 18.2 Å². The lowest BCUT2D eigenvalue weighted by Crippen LogP contribution is -2.42. The van der Waals surface area contributed by atoms with Crippen molar-refractivity contribution in [1.82, 2.24) is 0 Å². The lowest BCUT2D eigenvalue weighted by molar-refractivity contribution is -0.384. The van der Waals surface area contributed by atoms with E-state index in [0.717, 1.165) is 19.3 Å². The van der Waals surface area contributed by atoms with Crippen molar-refractivity contribution in [3.8, 4) is 0 Å². The molecule has 0 spiro atoms. The number of carboxylic acid groups (broad SMARTS) is 1. The van der Waals surface area contributed by atoms with E-state index in [1.54, 1.807) is 0 Å². The first-order valence-electron chi connectivity index (χ1n) is 6.94. The second-order valence-corrected chi connectivity index (χ2v) is 5.12. The topological polar surface area (TPSA) is 104 Å². The molecule has 1 aliphatic rings. The van der Waals surface area contributed by atoms with E-state index in [1.807, 2.05) is 4.90 Å². The normalized spacial score (nSPS) is 14.5. The molecule has 1 aromatic carbocycles. The number of nitrogens with zero attached hydrogens (tertiary/aromatic N) is 2. The zero-order chi connectivity index (χ0) is 15.4. The monoisotopic (exact) mass is 294 g/mol. The summed E-state index contributed by atoms with van der Waals surface area (Å²) in [5, 5.41) is 29.2. The van der Waals surface area contributed by atoms with Gasteiger partial charge in [-0.25, -0.2) is 4.79 Å². The Kier molecular flexibility index (Phi) is 4.74. The van der Waals surface area contributed by atoms with Crippen LogP contribution in [0.1, 0.15) is 36.0 Å². The maximum atomic E-state index is 11.4. The van der Waals surface area contributed by atoms with Crippen LogP contribution in [0.4, 0.5) is 11.4 Å². The first-order valence-corrected chi connectivity index (χ1v) is 6.94. The van der Waals surface area contributed by atoms with E-state index in [2.05, 4.69) is 0 Å². The van der Waals surface area contributed by atoms with Crippen molar-refractivity contribution in [1.29, 1.82) is 0 Å². The molecule has 1 saturated carbocycles. The molecule has 0 bridgehead atoms. The molecule has 7 heteroatoms. The van der Waals surface area contributed by atoms with Crippen LogP contribution in [-0.2, 0) is 0 Å². The molecule has 0 aromatic heterocycles. The summed E-state index contributed by atoms with van der Waals surface area (Å²) in [5.74, 6) is -1.10. The molecule has 0 amide bonds. The van der Waals surface area contributed by atoms with Crippen LogP contribution >= 0.6 is 0 Å². The smallest absolute Gasteiger partial charge is 0.337 e. The highest BCUT2D eigenvalue weighted by Crippen LogP contribution is 2.34. The first-order chi connectivity index (χ1) is 10.0. The number of aliphatic hydroxyl groups excluding tert-OH is 1. The minimum absolute atomic E-state index is 0.000547. The third kappa shape index (κ3) is 3.30. The molecule has 2 rings (SSSR count). The van der Waals surface area contributed by atoms with Crippen LogP contribution in [0.2, 0.25) is 0 Å². The van der Waals surface area contributed by atoms with Crippen molar-refractivity contribution in [3.63, 3.8) is 0 Å². The van der Waals surface area contributed by atoms with Crippen LogP contribution in [0.25, 0.3) is 0 Å². The number of carboxylic acids is 1. The maximum Gasteiger partial charge on any atom is 0.337 e. The third-order valence-corrected chi connectivity index (χ3v) is 3.80. The molecule has 21 heavy (non-hydrogen) atoms. The predicted octanol–water partition coefficient (Wildman–Crippen LogP) is 2.03. The van der Waals surface area contributed by atoms with E-state index in [9.17, 15) is 20.0 Å². The quantitative estimate of drug-likeness (QED) is 0.589. The van der Waals surface area contributed by atoms with E-state index in [1.165, 1.54) is 18.2 Å². The Hall–Kier alpha value is -2.15. The molecule has 0 aliphatic heterocycles. The first kappa shape index (κ1) is 15.2. The number of hydrogen-bond acceptors (Lipinski definition) is 5. The van der Waals surface area contributed by atoms with E-state index in [4.69, 9.17) is 5.11 Å². The van der Waals surface area contributed by atoms with Gasteiger partial charge in [-0.05, 0) is 31.7 Å². The molecule has 0 radical (unpaired) electrons. The zero-order valence-corrected chi connectivity index (χ0v) is 11.6. The highest BCUT2D eigenvalue weighted by molar-refractivity contribution is 5.95. The van der Waals surface area contributed by atoms with Gasteiger partial charge in [-0.1, -0.05) is 0 Å². The minimum atomic E-state index is -1.10. The number of aliphatic hydroxyl groups is 1. The molecular formula is C14H18N2O5. The summed E-state index contributed by atoms with van der Waals surface area (Å²) in [4.78, 5) is 23.6. The highest BCUT2D eigenvalue weighted by atomic mass is 16.6.